The molecule has 54 heavy (non-hydrogen) atoms. The van der Waals surface area contributed by atoms with E-state index in [1.54, 1.807) is 6.92 Å². The molecule has 27 nitrogen and oxygen atoms in total. The predicted octanol–water partition coefficient (Wildman–Crippen LogP) is -2.51. The molecule has 0 radical (unpaired) electrons. The number of H-pyrrole nitrogens is 2. The van der Waals surface area contributed by atoms with Gasteiger partial charge in [-0.3, -0.25) is 32.8 Å². The molecule has 5 unspecified atom stereocenters. The van der Waals surface area contributed by atoms with Gasteiger partial charge < -0.3 is 54.6 Å². The van der Waals surface area contributed by atoms with Crippen molar-refractivity contribution in [2.75, 3.05) is 33.2 Å². The molecule has 30 heteroatoms. The van der Waals surface area contributed by atoms with Crippen molar-refractivity contribution in [3.63, 3.8) is 0 Å². The summed E-state index contributed by atoms with van der Waals surface area (Å²) >= 11 is 0. The lowest BCUT2D eigenvalue weighted by molar-refractivity contribution is -0.745. The van der Waals surface area contributed by atoms with Gasteiger partial charge in [0.05, 0.1) is 26.6 Å². The van der Waals surface area contributed by atoms with Gasteiger partial charge >= 0.3 is 29.1 Å². The number of nitrogens with zero attached hydrogens (tertiary/aromatic N) is 6. The van der Waals surface area contributed by atoms with Crippen molar-refractivity contribution >= 4 is 51.7 Å². The van der Waals surface area contributed by atoms with E-state index in [1.807, 2.05) is 0 Å². The Balaban J connectivity index is 1.07. The first-order valence-electron chi connectivity index (χ1n) is 15.4. The van der Waals surface area contributed by atoms with E-state index in [2.05, 4.69) is 38.1 Å². The van der Waals surface area contributed by atoms with Crippen LogP contribution < -0.4 is 21.4 Å². The molecule has 4 aromatic heterocycles. The highest BCUT2D eigenvalue weighted by atomic mass is 31.3. The number of rotatable bonds is 14. The van der Waals surface area contributed by atoms with Gasteiger partial charge in [0.15, 0.2) is 23.7 Å². The highest BCUT2D eigenvalue weighted by Gasteiger charge is 2.51. The summed E-state index contributed by atoms with van der Waals surface area (Å²) in [5.41, 5.74) is 4.58. The summed E-state index contributed by atoms with van der Waals surface area (Å²) in [5.74, 6) is 0.00609. The lowest BCUT2D eigenvalue weighted by Gasteiger charge is -2.22. The second kappa shape index (κ2) is 15.0. The maximum absolute atomic E-state index is 12.7. The number of hydrogen-bond donors (Lipinski definition) is 8. The smallest absolute Gasteiger partial charge is 0.387 e. The Morgan fingerprint density at radius 3 is 2.17 bits per heavy atom. The summed E-state index contributed by atoms with van der Waals surface area (Å²) < 4.78 is 82.0. The Morgan fingerprint density at radius 1 is 0.907 bits per heavy atom. The number of aromatic amines is 2. The van der Waals surface area contributed by atoms with Gasteiger partial charge in [-0.2, -0.15) is 8.62 Å². The van der Waals surface area contributed by atoms with Crippen LogP contribution in [0.4, 0.5) is 5.95 Å². The second-order valence-electron chi connectivity index (χ2n) is 11.9. The molecule has 11 atom stereocenters. The number of phosphoric ester groups is 2. The monoisotopic (exact) mass is 830 g/mol. The quantitative estimate of drug-likeness (QED) is 0.0480. The minimum Gasteiger partial charge on any atom is -0.387 e. The van der Waals surface area contributed by atoms with Gasteiger partial charge in [0.2, 0.25) is 11.7 Å². The number of anilines is 1. The van der Waals surface area contributed by atoms with E-state index in [0.717, 1.165) is 0 Å². The second-order valence-corrected chi connectivity index (χ2v) is 16.5. The molecule has 0 bridgehead atoms. The van der Waals surface area contributed by atoms with Gasteiger partial charge in [-0.15, -0.1) is 0 Å². The van der Waals surface area contributed by atoms with Gasteiger partial charge in [-0.05, 0) is 6.92 Å². The molecule has 9 N–H and O–H groups in total. The third-order valence-corrected chi connectivity index (χ3v) is 12.5. The molecular weight excluding hydrogens is 795 g/mol. The van der Waals surface area contributed by atoms with Crippen molar-refractivity contribution in [1.82, 2.24) is 34.1 Å². The molecule has 6 rings (SSSR count). The fraction of sp³-hybridized carbons (Fsp3) is 0.583. The third-order valence-electron chi connectivity index (χ3n) is 8.27. The number of fused-ring (bicyclic) bond motifs is 2. The minimum atomic E-state index is -5.95. The van der Waals surface area contributed by atoms with E-state index in [4.69, 9.17) is 29.2 Å². The van der Waals surface area contributed by atoms with E-state index < -0.39 is 96.9 Å². The summed E-state index contributed by atoms with van der Waals surface area (Å²) in [6.45, 7) is -0.351. The molecule has 2 aliphatic heterocycles. The van der Waals surface area contributed by atoms with Crippen LogP contribution in [0.1, 0.15) is 18.3 Å². The van der Waals surface area contributed by atoms with Gasteiger partial charge in [0.1, 0.15) is 42.4 Å². The van der Waals surface area contributed by atoms with E-state index in [9.17, 15) is 48.2 Å². The van der Waals surface area contributed by atoms with Gasteiger partial charge in [-0.1, -0.05) is 4.98 Å². The van der Waals surface area contributed by atoms with Crippen LogP contribution in [-0.4, -0.2) is 123 Å². The zero-order valence-corrected chi connectivity index (χ0v) is 31.0. The van der Waals surface area contributed by atoms with Crippen molar-refractivity contribution < 1.29 is 79.8 Å². The van der Waals surface area contributed by atoms with E-state index in [-0.39, 0.29) is 34.1 Å². The fourth-order valence-corrected chi connectivity index (χ4v) is 9.56. The van der Waals surface area contributed by atoms with Crippen molar-refractivity contribution in [3.05, 3.63) is 39.2 Å². The van der Waals surface area contributed by atoms with Gasteiger partial charge in [0, 0.05) is 14.2 Å². The van der Waals surface area contributed by atoms with Crippen LogP contribution in [0.15, 0.2) is 22.2 Å². The predicted molar refractivity (Wildman–Crippen MR) is 174 cm³/mol. The number of phosphoric acid groups is 3. The molecule has 298 valence electrons. The SMILES string of the molecule is COC1[C@@H](OC)[C@@H](COP(=O)(O)OP(=O)(O)OP(=O)(O)OC[C@H]2O[C@@H]([n+]3cn(C)c4c(=O)[nH]c(N)nc43)C(O)[C@H]2O)O[C@H]1n1cnc2c(=O)[nH]c(C)nc21. The van der Waals surface area contributed by atoms with Crippen molar-refractivity contribution in [1.29, 1.82) is 0 Å². The van der Waals surface area contributed by atoms with Crippen LogP contribution in [0.3, 0.4) is 0 Å². The fourth-order valence-electron chi connectivity index (χ4n) is 6.03. The van der Waals surface area contributed by atoms with Crippen LogP contribution >= 0.6 is 23.5 Å². The first-order valence-corrected chi connectivity index (χ1v) is 19.9. The summed E-state index contributed by atoms with van der Waals surface area (Å²) in [6.07, 6.45) is -8.20. The number of methoxy groups -OCH3 is 2. The Kier molecular flexibility index (Phi) is 11.2. The third kappa shape index (κ3) is 7.99. The number of imidazole rings is 2. The number of aryl methyl sites for hydroxylation is 2. The highest BCUT2D eigenvalue weighted by Crippen LogP contribution is 2.67. The van der Waals surface area contributed by atoms with E-state index in [1.165, 1.54) is 47.6 Å². The molecule has 0 spiro atoms. The van der Waals surface area contributed by atoms with Crippen molar-refractivity contribution in [2.24, 2.45) is 7.05 Å². The maximum atomic E-state index is 12.7. The molecule has 0 aliphatic carbocycles. The Hall–Kier alpha value is -3.33. The zero-order chi connectivity index (χ0) is 39.5. The molecule has 2 saturated heterocycles. The van der Waals surface area contributed by atoms with Crippen molar-refractivity contribution in [3.8, 4) is 0 Å². The number of hydrogen-bond acceptors (Lipinski definition) is 19. The number of ether oxygens (including phenoxy) is 4. The standard InChI is InChI=1S/C24H34N9O18P3/c1-9-27-18-12(20(36)28-9)26-7-32(18)23-17(45-4)16(44-3)11(49-23)6-47-53(40,41)51-54(42,43)50-52(38,39)46-5-10-14(34)15(35)22(48-10)33-8-31(2)13-19(33)29-24(25)30-21(13)37/h7-8,10-11,14-17,22-23,34-35H,5-6H2,1-4H3,(H6-,25,27,28,29,30,36,37,38,39,40,41,42,43)/p+1/t10-,11-,14+,15?,16+,17?,22-,23-/m1/s1. The Labute approximate surface area is 301 Å². The molecule has 2 aliphatic rings. The molecule has 0 amide bonds. The van der Waals surface area contributed by atoms with Gasteiger partial charge in [-0.25, -0.2) is 28.2 Å². The largest absolute Gasteiger partial charge is 0.490 e. The van der Waals surface area contributed by atoms with Crippen molar-refractivity contribution in [2.45, 2.75) is 56.0 Å². The summed E-state index contributed by atoms with van der Waals surface area (Å²) in [5, 5.41) is 21.2. The number of aliphatic hydroxyl groups is 2. The van der Waals surface area contributed by atoms with E-state index >= 15 is 0 Å². The molecular formula is C24H35N9O18P3+. The average molecular weight is 831 g/mol. The summed E-state index contributed by atoms with van der Waals surface area (Å²) in [7, 11) is -13.1. The highest BCUT2D eigenvalue weighted by molar-refractivity contribution is 7.66. The number of nitrogens with one attached hydrogen (secondary N) is 2. The molecule has 0 aromatic carbocycles. The first kappa shape index (κ1) is 40.3. The number of aromatic nitrogens is 8. The number of nitrogens with two attached hydrogens (primary N) is 1. The molecule has 2 fully saturated rings. The molecule has 6 heterocycles. The number of aliphatic hydroxyl groups excluding tert-OH is 2. The molecule has 4 aromatic rings. The summed E-state index contributed by atoms with van der Waals surface area (Å²) in [4.78, 5) is 72.3. The van der Waals surface area contributed by atoms with Crippen LogP contribution in [0.25, 0.3) is 22.3 Å². The molecule has 0 saturated carbocycles. The maximum Gasteiger partial charge on any atom is 0.490 e. The minimum absolute atomic E-state index is 0.0131. The average Bonchev–Trinajstić information content (AvgIpc) is 3.80. The lowest BCUT2D eigenvalue weighted by Crippen LogP contribution is -2.46. The normalized spacial score (nSPS) is 29.4. The first-order chi connectivity index (χ1) is 25.2. The lowest BCUT2D eigenvalue weighted by atomic mass is 10.1. The van der Waals surface area contributed by atoms with E-state index in [0.29, 0.717) is 0 Å². The zero-order valence-electron chi connectivity index (χ0n) is 28.3. The summed E-state index contributed by atoms with van der Waals surface area (Å²) in [6, 6.07) is 0. The van der Waals surface area contributed by atoms with Gasteiger partial charge in [0.25, 0.3) is 17.1 Å². The van der Waals surface area contributed by atoms with Crippen LogP contribution in [0, 0.1) is 6.92 Å². The number of nitrogen functional groups attached to an aromatic ring is 1. The Morgan fingerprint density at radius 2 is 1.54 bits per heavy atom. The topological polar surface area (TPSA) is 370 Å². The Bertz CT molecular complexity index is 2310. The van der Waals surface area contributed by atoms with Crippen LogP contribution in [-0.2, 0) is 57.4 Å². The van der Waals surface area contributed by atoms with Crippen LogP contribution in [0.5, 0.6) is 0 Å². The van der Waals surface area contributed by atoms with Crippen LogP contribution in [0.2, 0.25) is 0 Å².